The van der Waals surface area contributed by atoms with E-state index in [1.165, 1.54) is 6.42 Å². The highest BCUT2D eigenvalue weighted by molar-refractivity contribution is 5.52. The molecule has 0 radical (unpaired) electrons. The molecule has 3 nitrogen and oxygen atoms in total. The van der Waals surface area contributed by atoms with Crippen LogP contribution in [0.4, 0.5) is 0 Å². The van der Waals surface area contributed by atoms with Gasteiger partial charge in [0.05, 0.1) is 11.7 Å². The van der Waals surface area contributed by atoms with Crippen molar-refractivity contribution in [3.05, 3.63) is 41.5 Å². The first kappa shape index (κ1) is 15.2. The molecule has 3 heteroatoms. The second kappa shape index (κ2) is 6.53. The van der Waals surface area contributed by atoms with E-state index in [0.29, 0.717) is 5.56 Å². The van der Waals surface area contributed by atoms with Gasteiger partial charge in [-0.1, -0.05) is 49.6 Å². The third-order valence-corrected chi connectivity index (χ3v) is 4.01. The van der Waals surface area contributed by atoms with Gasteiger partial charge in [-0.25, -0.2) is 0 Å². The van der Waals surface area contributed by atoms with Crippen molar-refractivity contribution in [3.63, 3.8) is 0 Å². The lowest BCUT2D eigenvalue weighted by atomic mass is 9.84. The van der Waals surface area contributed by atoms with Crippen molar-refractivity contribution in [2.45, 2.75) is 56.8 Å². The molecule has 0 bridgehead atoms. The average Bonchev–Trinajstić information content (AvgIpc) is 2.45. The maximum absolute atomic E-state index is 10.4. The van der Waals surface area contributed by atoms with E-state index < -0.39 is 17.8 Å². The van der Waals surface area contributed by atoms with E-state index >= 15 is 0 Å². The molecule has 0 saturated heterocycles. The SMILES string of the molecule is CC(O)C(O)c1cccc(/C=C/C2(O)CCCCC2)c1. The molecule has 2 unspecified atom stereocenters. The highest BCUT2D eigenvalue weighted by Crippen LogP contribution is 2.30. The van der Waals surface area contributed by atoms with Crippen molar-refractivity contribution in [3.8, 4) is 0 Å². The summed E-state index contributed by atoms with van der Waals surface area (Å²) in [5, 5.41) is 29.7. The third-order valence-electron chi connectivity index (χ3n) is 4.01. The number of aliphatic hydroxyl groups is 3. The first-order valence-electron chi connectivity index (χ1n) is 7.38. The van der Waals surface area contributed by atoms with Crippen molar-refractivity contribution in [2.24, 2.45) is 0 Å². The van der Waals surface area contributed by atoms with E-state index in [4.69, 9.17) is 0 Å². The minimum Gasteiger partial charge on any atom is -0.390 e. The van der Waals surface area contributed by atoms with Crippen molar-refractivity contribution in [1.29, 1.82) is 0 Å². The lowest BCUT2D eigenvalue weighted by Crippen LogP contribution is -2.28. The molecule has 1 aliphatic rings. The molecule has 0 amide bonds. The molecule has 110 valence electrons. The minimum atomic E-state index is -0.874. The second-order valence-electron chi connectivity index (χ2n) is 5.85. The van der Waals surface area contributed by atoms with E-state index in [1.807, 2.05) is 30.4 Å². The van der Waals surface area contributed by atoms with Gasteiger partial charge < -0.3 is 15.3 Å². The molecule has 2 rings (SSSR count). The summed E-state index contributed by atoms with van der Waals surface area (Å²) in [5.74, 6) is 0. The largest absolute Gasteiger partial charge is 0.390 e. The van der Waals surface area contributed by atoms with E-state index in [9.17, 15) is 15.3 Å². The van der Waals surface area contributed by atoms with Crippen molar-refractivity contribution in [1.82, 2.24) is 0 Å². The topological polar surface area (TPSA) is 60.7 Å². The molecular weight excluding hydrogens is 252 g/mol. The van der Waals surface area contributed by atoms with Crippen LogP contribution in [0.2, 0.25) is 0 Å². The Balaban J connectivity index is 2.11. The van der Waals surface area contributed by atoms with Crippen molar-refractivity contribution in [2.75, 3.05) is 0 Å². The number of benzene rings is 1. The zero-order valence-electron chi connectivity index (χ0n) is 12.0. The fourth-order valence-corrected chi connectivity index (χ4v) is 2.71. The van der Waals surface area contributed by atoms with E-state index in [-0.39, 0.29) is 0 Å². The van der Waals surface area contributed by atoms with Crippen molar-refractivity contribution < 1.29 is 15.3 Å². The Kier molecular flexibility index (Phi) is 4.97. The molecule has 0 aliphatic heterocycles. The summed E-state index contributed by atoms with van der Waals surface area (Å²) >= 11 is 0. The number of aliphatic hydroxyl groups excluding tert-OH is 2. The van der Waals surface area contributed by atoms with Gasteiger partial charge in [-0.15, -0.1) is 0 Å². The van der Waals surface area contributed by atoms with Crippen LogP contribution in [-0.2, 0) is 0 Å². The van der Waals surface area contributed by atoms with Gasteiger partial charge >= 0.3 is 0 Å². The predicted octanol–water partition coefficient (Wildman–Crippen LogP) is 2.81. The van der Waals surface area contributed by atoms with Crippen LogP contribution < -0.4 is 0 Å². The van der Waals surface area contributed by atoms with Gasteiger partial charge in [-0.2, -0.15) is 0 Å². The van der Waals surface area contributed by atoms with Gasteiger partial charge in [0.15, 0.2) is 0 Å². The van der Waals surface area contributed by atoms with Crippen LogP contribution in [0.15, 0.2) is 30.3 Å². The summed E-state index contributed by atoms with van der Waals surface area (Å²) in [5.41, 5.74) is 0.941. The Bertz CT molecular complexity index is 459. The molecule has 0 aromatic heterocycles. The molecule has 1 aromatic rings. The lowest BCUT2D eigenvalue weighted by Gasteiger charge is -2.28. The molecule has 20 heavy (non-hydrogen) atoms. The van der Waals surface area contributed by atoms with Gasteiger partial charge in [0.2, 0.25) is 0 Å². The normalized spacial score (nSPS) is 21.8. The van der Waals surface area contributed by atoms with Gasteiger partial charge in [-0.05, 0) is 37.0 Å². The highest BCUT2D eigenvalue weighted by atomic mass is 16.3. The summed E-state index contributed by atoms with van der Waals surface area (Å²) in [4.78, 5) is 0. The molecule has 1 aliphatic carbocycles. The second-order valence-corrected chi connectivity index (χ2v) is 5.85. The van der Waals surface area contributed by atoms with Crippen LogP contribution in [0, 0.1) is 0 Å². The third kappa shape index (κ3) is 3.92. The van der Waals surface area contributed by atoms with E-state index in [2.05, 4.69) is 0 Å². The lowest BCUT2D eigenvalue weighted by molar-refractivity contribution is 0.0305. The molecule has 1 aromatic carbocycles. The summed E-state index contributed by atoms with van der Waals surface area (Å²) < 4.78 is 0. The molecule has 1 saturated carbocycles. The average molecular weight is 276 g/mol. The maximum Gasteiger partial charge on any atom is 0.105 e. The Hall–Kier alpha value is -1.16. The summed E-state index contributed by atoms with van der Waals surface area (Å²) in [6, 6.07) is 7.43. The summed E-state index contributed by atoms with van der Waals surface area (Å²) in [7, 11) is 0. The fraction of sp³-hybridized carbons (Fsp3) is 0.529. The maximum atomic E-state index is 10.4. The Morgan fingerprint density at radius 1 is 1.15 bits per heavy atom. The highest BCUT2D eigenvalue weighted by Gasteiger charge is 2.25. The van der Waals surface area contributed by atoms with Crippen LogP contribution in [0.25, 0.3) is 6.08 Å². The molecule has 0 heterocycles. The first-order valence-corrected chi connectivity index (χ1v) is 7.38. The zero-order chi connectivity index (χ0) is 14.6. The fourth-order valence-electron chi connectivity index (χ4n) is 2.71. The summed E-state index contributed by atoms with van der Waals surface area (Å²) in [6.45, 7) is 1.57. The Morgan fingerprint density at radius 2 is 1.85 bits per heavy atom. The molecule has 1 fully saturated rings. The predicted molar refractivity (Wildman–Crippen MR) is 80.2 cm³/mol. The molecule has 3 N–H and O–H groups in total. The van der Waals surface area contributed by atoms with Crippen LogP contribution in [0.1, 0.15) is 56.3 Å². The quantitative estimate of drug-likeness (QED) is 0.792. The first-order chi connectivity index (χ1) is 9.50. The van der Waals surface area contributed by atoms with Crippen LogP contribution in [0.3, 0.4) is 0 Å². The van der Waals surface area contributed by atoms with Crippen LogP contribution in [0.5, 0.6) is 0 Å². The molecular formula is C17H24O3. The molecule has 2 atom stereocenters. The summed E-state index contributed by atoms with van der Waals surface area (Å²) in [6.07, 6.45) is 7.09. The number of hydrogen-bond donors (Lipinski definition) is 3. The minimum absolute atomic E-state index is 0.683. The molecule has 0 spiro atoms. The van der Waals surface area contributed by atoms with Gasteiger partial charge in [0, 0.05) is 0 Å². The monoisotopic (exact) mass is 276 g/mol. The smallest absolute Gasteiger partial charge is 0.105 e. The van der Waals surface area contributed by atoms with E-state index in [1.54, 1.807) is 13.0 Å². The van der Waals surface area contributed by atoms with Crippen LogP contribution in [-0.4, -0.2) is 27.0 Å². The van der Waals surface area contributed by atoms with E-state index in [0.717, 1.165) is 31.2 Å². The standard InChI is InChI=1S/C17H24O3/c1-13(18)16(19)15-7-5-6-14(12-15)8-11-17(20)9-3-2-4-10-17/h5-8,11-13,16,18-20H,2-4,9-10H2,1H3/b11-8+. The van der Waals surface area contributed by atoms with Crippen molar-refractivity contribution >= 4 is 6.08 Å². The van der Waals surface area contributed by atoms with Gasteiger partial charge in [0.25, 0.3) is 0 Å². The number of hydrogen-bond acceptors (Lipinski definition) is 3. The van der Waals surface area contributed by atoms with Gasteiger partial charge in [-0.3, -0.25) is 0 Å². The Labute approximate surface area is 120 Å². The number of rotatable bonds is 4. The van der Waals surface area contributed by atoms with Crippen LogP contribution >= 0.6 is 0 Å². The zero-order valence-corrected chi connectivity index (χ0v) is 12.0. The van der Waals surface area contributed by atoms with Gasteiger partial charge in [0.1, 0.15) is 6.10 Å². The Morgan fingerprint density at radius 3 is 2.50 bits per heavy atom.